The number of imidazole rings is 1. The Hall–Kier alpha value is -1.87. The summed E-state index contributed by atoms with van der Waals surface area (Å²) in [5.41, 5.74) is 3.16. The Labute approximate surface area is 200 Å². The molecule has 7 atom stereocenters. The van der Waals surface area contributed by atoms with E-state index in [0.717, 1.165) is 17.8 Å². The van der Waals surface area contributed by atoms with Crippen LogP contribution in [0.5, 0.6) is 0 Å². The summed E-state index contributed by atoms with van der Waals surface area (Å²) >= 11 is 0. The molecule has 200 valence electrons. The van der Waals surface area contributed by atoms with Crippen molar-refractivity contribution in [2.45, 2.75) is 37.1 Å². The van der Waals surface area contributed by atoms with Gasteiger partial charge in [-0.15, -0.1) is 0 Å². The predicted molar refractivity (Wildman–Crippen MR) is 113 cm³/mol. The molecule has 3 unspecified atom stereocenters. The molecule has 0 bridgehead atoms. The van der Waals surface area contributed by atoms with Crippen LogP contribution < -0.4 is 5.73 Å². The molecule has 0 aromatic carbocycles. The lowest BCUT2D eigenvalue weighted by Crippen LogP contribution is -2.47. The quantitative estimate of drug-likeness (QED) is 0.148. The summed E-state index contributed by atoms with van der Waals surface area (Å²) in [6.45, 7) is -0.229. The molecule has 0 saturated carbocycles. The van der Waals surface area contributed by atoms with Crippen LogP contribution >= 0.6 is 23.5 Å². The monoisotopic (exact) mass is 577 g/mol. The van der Waals surface area contributed by atoms with E-state index in [0.29, 0.717) is 0 Å². The number of aliphatic hydroxyl groups is 2. The molecule has 2 aromatic rings. The Balaban J connectivity index is 1.91. The van der Waals surface area contributed by atoms with Crippen molar-refractivity contribution in [3.8, 4) is 11.8 Å². The Morgan fingerprint density at radius 2 is 1.92 bits per heavy atom. The van der Waals surface area contributed by atoms with E-state index in [1.165, 1.54) is 6.20 Å². The van der Waals surface area contributed by atoms with E-state index in [4.69, 9.17) is 20.3 Å². The number of nitrogens with two attached hydrogens (primary N) is 1. The third-order valence-corrected chi connectivity index (χ3v) is 8.47. The van der Waals surface area contributed by atoms with Crippen molar-refractivity contribution in [2.75, 3.05) is 12.4 Å². The molecule has 1 saturated heterocycles. The molecule has 3 heterocycles. The highest BCUT2D eigenvalue weighted by Gasteiger charge is 2.58. The lowest BCUT2D eigenvalue weighted by molar-refractivity contribution is -0.0831. The first-order valence-electron chi connectivity index (χ1n) is 9.37. The summed E-state index contributed by atoms with van der Waals surface area (Å²) in [5, 5.41) is 21.9. The van der Waals surface area contributed by atoms with Crippen LogP contribution in [0.25, 0.3) is 11.2 Å². The molecule has 18 nitrogen and oxygen atoms in total. The number of aromatic nitrogens is 4. The van der Waals surface area contributed by atoms with Gasteiger partial charge >= 0.3 is 23.5 Å². The van der Waals surface area contributed by atoms with Crippen molar-refractivity contribution in [3.63, 3.8) is 0 Å². The summed E-state index contributed by atoms with van der Waals surface area (Å²) in [7, 11) is -17.1. The number of anilines is 1. The van der Waals surface area contributed by atoms with E-state index in [1.54, 1.807) is 0 Å². The number of rotatable bonds is 8. The van der Waals surface area contributed by atoms with Gasteiger partial charge in [-0.2, -0.15) is 13.6 Å². The van der Waals surface area contributed by atoms with Gasteiger partial charge < -0.3 is 40.3 Å². The molecule has 3 rings (SSSR count). The van der Waals surface area contributed by atoms with Crippen molar-refractivity contribution in [1.82, 2.24) is 19.5 Å². The Bertz CT molecular complexity index is 1340. The predicted octanol–water partition coefficient (Wildman–Crippen LogP) is -0.897. The molecule has 22 heteroatoms. The number of ether oxygens (including phenoxy) is 1. The highest BCUT2D eigenvalue weighted by molar-refractivity contribution is 7.66. The third-order valence-electron chi connectivity index (χ3n) is 4.55. The van der Waals surface area contributed by atoms with Crippen LogP contribution in [-0.2, 0) is 31.6 Å². The maximum Gasteiger partial charge on any atom is 0.490 e. The van der Waals surface area contributed by atoms with E-state index >= 15 is 0 Å². The van der Waals surface area contributed by atoms with E-state index in [2.05, 4.69) is 34.0 Å². The first kappa shape index (κ1) is 28.7. The van der Waals surface area contributed by atoms with Crippen LogP contribution in [0.4, 0.5) is 10.3 Å². The Kier molecular flexibility index (Phi) is 8.07. The number of alkyl halides is 1. The number of nitrogens with zero attached hydrogens (tertiary/aromatic N) is 4. The number of halogens is 1. The zero-order valence-electron chi connectivity index (χ0n) is 17.8. The highest BCUT2D eigenvalue weighted by atomic mass is 31.3. The van der Waals surface area contributed by atoms with Crippen LogP contribution in [0.1, 0.15) is 13.2 Å². The fourth-order valence-corrected chi connectivity index (χ4v) is 6.46. The molecule has 2 aromatic heterocycles. The number of hydrogen-bond donors (Lipinski definition) is 7. The largest absolute Gasteiger partial charge is 0.490 e. The number of phosphoric ester groups is 1. The van der Waals surface area contributed by atoms with Crippen LogP contribution in [-0.4, -0.2) is 79.9 Å². The smallest absolute Gasteiger partial charge is 0.386 e. The van der Waals surface area contributed by atoms with E-state index in [-0.39, 0.29) is 17.1 Å². The van der Waals surface area contributed by atoms with Gasteiger partial charge in [0.2, 0.25) is 5.95 Å². The van der Waals surface area contributed by atoms with Crippen molar-refractivity contribution in [3.05, 3.63) is 12.5 Å². The first-order valence-corrected chi connectivity index (χ1v) is 13.9. The molecule has 36 heavy (non-hydrogen) atoms. The van der Waals surface area contributed by atoms with Crippen molar-refractivity contribution < 1.29 is 65.8 Å². The SMILES string of the molecule is C[C@H](OP(=O)(O)OP(=O)(O)OP(=O)(O)O)[C@H]1O[C@@H](n2cnc3cnc(N)nc32)C(O)(C#CCF)[C@H]1O. The van der Waals surface area contributed by atoms with Crippen molar-refractivity contribution in [1.29, 1.82) is 0 Å². The van der Waals surface area contributed by atoms with Gasteiger partial charge in [0.05, 0.1) is 18.6 Å². The average Bonchev–Trinajstić information content (AvgIpc) is 3.22. The van der Waals surface area contributed by atoms with Crippen molar-refractivity contribution >= 4 is 40.6 Å². The number of nitrogen functional groups attached to an aromatic ring is 1. The third kappa shape index (κ3) is 6.33. The Morgan fingerprint density at radius 3 is 2.53 bits per heavy atom. The van der Waals surface area contributed by atoms with Gasteiger partial charge in [0.25, 0.3) is 0 Å². The summed E-state index contributed by atoms with van der Waals surface area (Å²) < 4.78 is 65.8. The topological polar surface area (TPSA) is 279 Å². The van der Waals surface area contributed by atoms with Gasteiger partial charge in [-0.1, -0.05) is 11.8 Å². The minimum absolute atomic E-state index is 0.00126. The van der Waals surface area contributed by atoms with E-state index < -0.39 is 60.3 Å². The van der Waals surface area contributed by atoms with Gasteiger partial charge in [0.15, 0.2) is 17.5 Å². The molecule has 1 fully saturated rings. The number of phosphoric acid groups is 3. The van der Waals surface area contributed by atoms with Crippen LogP contribution in [0.2, 0.25) is 0 Å². The van der Waals surface area contributed by atoms with Crippen LogP contribution in [0, 0.1) is 11.8 Å². The molecule has 0 radical (unpaired) electrons. The summed E-state index contributed by atoms with van der Waals surface area (Å²) in [6.07, 6.45) is -4.89. The van der Waals surface area contributed by atoms with Crippen molar-refractivity contribution in [2.24, 2.45) is 0 Å². The second kappa shape index (κ2) is 10.1. The lowest BCUT2D eigenvalue weighted by Gasteiger charge is -2.27. The highest BCUT2D eigenvalue weighted by Crippen LogP contribution is 2.66. The van der Waals surface area contributed by atoms with Gasteiger partial charge in [0.1, 0.15) is 24.4 Å². The first-order chi connectivity index (χ1) is 16.5. The summed E-state index contributed by atoms with van der Waals surface area (Å²) in [5.74, 6) is 3.86. The molecule has 1 aliphatic rings. The van der Waals surface area contributed by atoms with E-state index in [1.807, 2.05) is 5.92 Å². The maximum atomic E-state index is 12.8. The molecule has 1 aliphatic heterocycles. The standard InChI is InChI=1S/C14H19FN5O13P3/c1-7(31-35(26,27)33-36(28,29)32-34(23,24)25)9-10(21)14(22,3-2-4-15)12(30-9)20-6-18-8-5-17-13(16)19-11(8)20/h5-7,9-10,12,21-22H,4H2,1H3,(H,26,27)(H,28,29)(H2,16,17,19)(H2,23,24,25)/t7-,9+,10-,12+,14?/m0/s1. The molecule has 8 N–H and O–H groups in total. The Morgan fingerprint density at radius 1 is 1.25 bits per heavy atom. The molecular formula is C14H19FN5O13P3. The van der Waals surface area contributed by atoms with Gasteiger partial charge in [-0.05, 0) is 6.92 Å². The minimum Gasteiger partial charge on any atom is -0.386 e. The minimum atomic E-state index is -5.82. The normalized spacial score (nSPS) is 28.7. The van der Waals surface area contributed by atoms with Gasteiger partial charge in [-0.3, -0.25) is 9.09 Å². The maximum absolute atomic E-state index is 12.8. The second-order valence-electron chi connectivity index (χ2n) is 7.15. The lowest BCUT2D eigenvalue weighted by atomic mass is 9.92. The number of hydrogen-bond acceptors (Lipinski definition) is 13. The molecular weight excluding hydrogens is 558 g/mol. The zero-order valence-corrected chi connectivity index (χ0v) is 20.5. The average molecular weight is 577 g/mol. The second-order valence-corrected chi connectivity index (χ2v) is 11.5. The summed E-state index contributed by atoms with van der Waals surface area (Å²) in [6, 6.07) is 0. The molecule has 0 aliphatic carbocycles. The number of fused-ring (bicyclic) bond motifs is 1. The van der Waals surface area contributed by atoms with E-state index in [9.17, 15) is 38.1 Å². The number of aliphatic hydroxyl groups excluding tert-OH is 1. The molecule has 0 amide bonds. The summed E-state index contributed by atoms with van der Waals surface area (Å²) in [4.78, 5) is 48.0. The zero-order chi connectivity index (χ0) is 27.1. The van der Waals surface area contributed by atoms with Crippen LogP contribution in [0.3, 0.4) is 0 Å². The fraction of sp³-hybridized carbons (Fsp3) is 0.500. The van der Waals surface area contributed by atoms with Gasteiger partial charge in [0, 0.05) is 0 Å². The van der Waals surface area contributed by atoms with Crippen LogP contribution in [0.15, 0.2) is 12.5 Å². The molecule has 0 spiro atoms. The van der Waals surface area contributed by atoms with Gasteiger partial charge in [-0.25, -0.2) is 28.1 Å². The fourth-order valence-electron chi connectivity index (χ4n) is 3.26.